The summed E-state index contributed by atoms with van der Waals surface area (Å²) in [4.78, 5) is 4.10. The summed E-state index contributed by atoms with van der Waals surface area (Å²) in [5.41, 5.74) is 1.87. The Balaban J connectivity index is 2.25. The first-order valence-electron chi connectivity index (χ1n) is 5.50. The molecule has 8 heteroatoms. The number of hydrogen-bond donors (Lipinski definition) is 1. The fourth-order valence-corrected chi connectivity index (χ4v) is 4.44. The third kappa shape index (κ3) is 3.06. The predicted octanol–water partition coefficient (Wildman–Crippen LogP) is -0.367. The molecule has 6 nitrogen and oxygen atoms in total. The number of primary sulfonamides is 1. The van der Waals surface area contributed by atoms with Crippen molar-refractivity contribution in [1.82, 2.24) is 4.98 Å². The Kier molecular flexibility index (Phi) is 3.43. The van der Waals surface area contributed by atoms with Crippen LogP contribution < -0.4 is 5.14 Å². The Morgan fingerprint density at radius 1 is 1.11 bits per heavy atom. The van der Waals surface area contributed by atoms with Crippen molar-refractivity contribution in [3.05, 3.63) is 23.4 Å². The third-order valence-electron chi connectivity index (χ3n) is 2.86. The van der Waals surface area contributed by atoms with Crippen LogP contribution in [-0.2, 0) is 32.7 Å². The Morgan fingerprint density at radius 3 is 2.50 bits per heavy atom. The Bertz CT molecular complexity index is 665. The molecule has 0 bridgehead atoms. The second-order valence-electron chi connectivity index (χ2n) is 4.29. The van der Waals surface area contributed by atoms with Crippen molar-refractivity contribution in [1.29, 1.82) is 0 Å². The van der Waals surface area contributed by atoms with E-state index in [-0.39, 0.29) is 5.03 Å². The molecular formula is C10H14N2O4S2. The molecule has 0 spiro atoms. The minimum atomic E-state index is -3.78. The molecule has 0 saturated carbocycles. The molecule has 1 aliphatic carbocycles. The van der Waals surface area contributed by atoms with Gasteiger partial charge in [0.05, 0.1) is 11.5 Å². The molecule has 0 unspecified atom stereocenters. The van der Waals surface area contributed by atoms with Crippen LogP contribution in [0.25, 0.3) is 0 Å². The number of rotatable bonds is 4. The molecule has 1 heterocycles. The lowest BCUT2D eigenvalue weighted by Crippen LogP contribution is -2.23. The van der Waals surface area contributed by atoms with Gasteiger partial charge in [0.15, 0.2) is 14.9 Å². The number of sulfonamides is 1. The number of fused-ring (bicyclic) bond motifs is 1. The highest BCUT2D eigenvalue weighted by atomic mass is 32.2. The van der Waals surface area contributed by atoms with Crippen LogP contribution in [0.1, 0.15) is 17.7 Å². The molecule has 0 saturated heterocycles. The molecule has 0 atom stereocenters. The lowest BCUT2D eigenvalue weighted by Gasteiger charge is -2.05. The van der Waals surface area contributed by atoms with E-state index in [1.165, 1.54) is 6.07 Å². The largest absolute Gasteiger partial charge is 0.241 e. The number of hydrogen-bond acceptors (Lipinski definition) is 5. The van der Waals surface area contributed by atoms with E-state index in [1.54, 1.807) is 6.07 Å². The van der Waals surface area contributed by atoms with Crippen molar-refractivity contribution in [2.24, 2.45) is 5.14 Å². The van der Waals surface area contributed by atoms with Gasteiger partial charge in [-0.25, -0.2) is 27.0 Å². The molecule has 0 amide bonds. The topological polar surface area (TPSA) is 107 Å². The van der Waals surface area contributed by atoms with E-state index in [0.29, 0.717) is 0 Å². The molecule has 0 fully saturated rings. The van der Waals surface area contributed by atoms with Crippen LogP contribution in [-0.4, -0.2) is 33.3 Å². The highest BCUT2D eigenvalue weighted by Crippen LogP contribution is 2.21. The number of aromatic nitrogens is 1. The van der Waals surface area contributed by atoms with Crippen molar-refractivity contribution in [2.75, 3.05) is 11.5 Å². The average Bonchev–Trinajstić information content (AvgIpc) is 2.72. The first kappa shape index (κ1) is 13.4. The Labute approximate surface area is 106 Å². The van der Waals surface area contributed by atoms with Crippen LogP contribution in [0.2, 0.25) is 0 Å². The number of nitrogens with two attached hydrogens (primary N) is 1. The monoisotopic (exact) mass is 290 g/mol. The van der Waals surface area contributed by atoms with E-state index in [0.717, 1.165) is 30.5 Å². The molecule has 1 aromatic rings. The summed E-state index contributed by atoms with van der Waals surface area (Å²) in [6, 6.07) is 3.18. The van der Waals surface area contributed by atoms with Crippen molar-refractivity contribution < 1.29 is 16.8 Å². The number of nitrogens with zero attached hydrogens (tertiary/aromatic N) is 1. The van der Waals surface area contributed by atoms with Crippen LogP contribution in [0.5, 0.6) is 0 Å². The first-order valence-corrected chi connectivity index (χ1v) is 8.87. The van der Waals surface area contributed by atoms with Gasteiger partial charge in [-0.1, -0.05) is 6.07 Å². The standard InChI is InChI=1S/C10H14N2O4S2/c11-18(15,16)7-6-17(13,14)10-5-4-8-2-1-3-9(8)12-10/h4-5H,1-3,6-7H2,(H2,11,15,16). The van der Waals surface area contributed by atoms with Crippen molar-refractivity contribution in [2.45, 2.75) is 24.3 Å². The summed E-state index contributed by atoms with van der Waals surface area (Å²) in [6.07, 6.45) is 2.66. The van der Waals surface area contributed by atoms with E-state index in [9.17, 15) is 16.8 Å². The fraction of sp³-hybridized carbons (Fsp3) is 0.500. The average molecular weight is 290 g/mol. The van der Waals surface area contributed by atoms with Gasteiger partial charge >= 0.3 is 0 Å². The van der Waals surface area contributed by atoms with Crippen molar-refractivity contribution >= 4 is 19.9 Å². The van der Waals surface area contributed by atoms with Crippen LogP contribution in [0.4, 0.5) is 0 Å². The lowest BCUT2D eigenvalue weighted by molar-refractivity contribution is 0.586. The lowest BCUT2D eigenvalue weighted by atomic mass is 10.2. The molecule has 1 aromatic heterocycles. The van der Waals surface area contributed by atoms with Gasteiger partial charge in [0.1, 0.15) is 0 Å². The summed E-state index contributed by atoms with van der Waals surface area (Å²) in [6.45, 7) is 0. The zero-order valence-electron chi connectivity index (χ0n) is 9.66. The van der Waals surface area contributed by atoms with E-state index < -0.39 is 31.4 Å². The smallest absolute Gasteiger partial charge is 0.210 e. The summed E-state index contributed by atoms with van der Waals surface area (Å²) < 4.78 is 45.4. The van der Waals surface area contributed by atoms with Gasteiger partial charge in [-0.15, -0.1) is 0 Å². The Hall–Kier alpha value is -0.990. The zero-order valence-corrected chi connectivity index (χ0v) is 11.3. The molecule has 0 radical (unpaired) electrons. The van der Waals surface area contributed by atoms with E-state index in [4.69, 9.17) is 5.14 Å². The van der Waals surface area contributed by atoms with Gasteiger partial charge in [-0.3, -0.25) is 0 Å². The van der Waals surface area contributed by atoms with Gasteiger partial charge in [-0.05, 0) is 30.9 Å². The van der Waals surface area contributed by atoms with Crippen LogP contribution in [0.15, 0.2) is 17.2 Å². The minimum absolute atomic E-state index is 0.0631. The van der Waals surface area contributed by atoms with Crippen LogP contribution >= 0.6 is 0 Å². The summed E-state index contributed by atoms with van der Waals surface area (Å²) in [5, 5.41) is 4.74. The van der Waals surface area contributed by atoms with Crippen LogP contribution in [0, 0.1) is 0 Å². The summed E-state index contributed by atoms with van der Waals surface area (Å²) in [5.74, 6) is -1.12. The molecule has 100 valence electrons. The van der Waals surface area contributed by atoms with Gasteiger partial charge in [-0.2, -0.15) is 0 Å². The normalized spacial score (nSPS) is 15.6. The maximum Gasteiger partial charge on any atom is 0.210 e. The maximum absolute atomic E-state index is 11.9. The van der Waals surface area contributed by atoms with E-state index >= 15 is 0 Å². The van der Waals surface area contributed by atoms with Crippen molar-refractivity contribution in [3.63, 3.8) is 0 Å². The molecule has 18 heavy (non-hydrogen) atoms. The highest BCUT2D eigenvalue weighted by Gasteiger charge is 2.21. The molecule has 1 aliphatic rings. The predicted molar refractivity (Wildman–Crippen MR) is 66.3 cm³/mol. The molecular weight excluding hydrogens is 276 g/mol. The third-order valence-corrected chi connectivity index (χ3v) is 5.50. The zero-order chi connectivity index (χ0) is 13.4. The van der Waals surface area contributed by atoms with Gasteiger partial charge in [0, 0.05) is 5.69 Å². The second-order valence-corrected chi connectivity index (χ2v) is 8.08. The molecule has 2 rings (SSSR count). The second kappa shape index (κ2) is 4.60. The van der Waals surface area contributed by atoms with Gasteiger partial charge in [0.25, 0.3) is 0 Å². The van der Waals surface area contributed by atoms with Gasteiger partial charge < -0.3 is 0 Å². The molecule has 0 aliphatic heterocycles. The highest BCUT2D eigenvalue weighted by molar-refractivity contribution is 7.94. The van der Waals surface area contributed by atoms with Gasteiger partial charge in [0.2, 0.25) is 10.0 Å². The fourth-order valence-electron chi connectivity index (χ4n) is 1.90. The summed E-state index contributed by atoms with van der Waals surface area (Å²) in [7, 11) is -7.47. The maximum atomic E-state index is 11.9. The molecule has 0 aromatic carbocycles. The minimum Gasteiger partial charge on any atom is -0.241 e. The van der Waals surface area contributed by atoms with Crippen molar-refractivity contribution in [3.8, 4) is 0 Å². The Morgan fingerprint density at radius 2 is 1.83 bits per heavy atom. The van der Waals surface area contributed by atoms with E-state index in [2.05, 4.69) is 4.98 Å². The number of sulfone groups is 1. The quantitative estimate of drug-likeness (QED) is 0.814. The van der Waals surface area contributed by atoms with E-state index in [1.807, 2.05) is 0 Å². The first-order chi connectivity index (χ1) is 8.28. The summed E-state index contributed by atoms with van der Waals surface area (Å²) >= 11 is 0. The van der Waals surface area contributed by atoms with Crippen LogP contribution in [0.3, 0.4) is 0 Å². The number of pyridine rings is 1. The molecule has 2 N–H and O–H groups in total. The number of aryl methyl sites for hydroxylation is 2. The SMILES string of the molecule is NS(=O)(=O)CCS(=O)(=O)c1ccc2c(n1)CCC2.